The number of ether oxygens (including phenoxy) is 5. The first-order chi connectivity index (χ1) is 21.9. The average Bonchev–Trinajstić information content (AvgIpc) is 3.52. The minimum Gasteiger partial charge on any atom is -0.493 e. The van der Waals surface area contributed by atoms with Crippen LogP contribution in [0, 0.1) is 17.8 Å². The van der Waals surface area contributed by atoms with E-state index < -0.39 is 88.7 Å². The normalized spacial score (nSPS) is 42.7. The van der Waals surface area contributed by atoms with Crippen molar-refractivity contribution in [2.75, 3.05) is 13.4 Å². The Morgan fingerprint density at radius 1 is 1.11 bits per heavy atom. The minimum absolute atomic E-state index is 0.125. The van der Waals surface area contributed by atoms with E-state index in [2.05, 4.69) is 6.92 Å². The van der Waals surface area contributed by atoms with Crippen molar-refractivity contribution in [3.8, 4) is 0 Å². The van der Waals surface area contributed by atoms with Crippen LogP contribution in [0.4, 0.5) is 0 Å². The number of unbranched alkanes of at least 4 members (excludes halogenated alkanes) is 5. The lowest BCUT2D eigenvalue weighted by molar-refractivity contribution is -0.265. The molecular weight excluding hydrogens is 596 g/mol. The van der Waals surface area contributed by atoms with Crippen molar-refractivity contribution >= 4 is 17.5 Å². The lowest BCUT2D eigenvalue weighted by Gasteiger charge is -2.59. The Balaban J connectivity index is 1.67. The number of esters is 1. The maximum atomic E-state index is 13.8. The van der Waals surface area contributed by atoms with Gasteiger partial charge in [-0.1, -0.05) is 64.7 Å². The van der Waals surface area contributed by atoms with Crippen LogP contribution in [0.3, 0.4) is 0 Å². The lowest BCUT2D eigenvalue weighted by atomic mass is 9.53. The third-order valence-electron chi connectivity index (χ3n) is 11.1. The number of Topliss-reactive ketones (excluding diaryl/α,β-unsaturated/α-hetero) is 2. The van der Waals surface area contributed by atoms with E-state index in [0.717, 1.165) is 38.5 Å². The molecule has 0 radical (unpaired) electrons. The molecule has 11 heteroatoms. The smallest absolute Gasteiger partial charge is 0.306 e. The van der Waals surface area contributed by atoms with Crippen LogP contribution in [0.2, 0.25) is 0 Å². The first kappa shape index (κ1) is 34.9. The number of aliphatic hydroxyl groups is 3. The van der Waals surface area contributed by atoms with Gasteiger partial charge >= 0.3 is 5.97 Å². The third kappa shape index (κ3) is 5.04. The molecule has 0 aromatic carbocycles. The molecule has 0 unspecified atom stereocenters. The van der Waals surface area contributed by atoms with Crippen LogP contribution in [-0.2, 0) is 38.1 Å². The van der Waals surface area contributed by atoms with Crippen molar-refractivity contribution in [1.29, 1.82) is 0 Å². The molecule has 46 heavy (non-hydrogen) atoms. The van der Waals surface area contributed by atoms with Gasteiger partial charge in [-0.3, -0.25) is 14.4 Å². The number of rotatable bonds is 14. The molecule has 0 amide bonds. The summed E-state index contributed by atoms with van der Waals surface area (Å²) in [5.74, 6) is -4.75. The number of epoxide rings is 1. The summed E-state index contributed by atoms with van der Waals surface area (Å²) in [5.41, 5.74) is -7.40. The number of hydrogen-bond acceptors (Lipinski definition) is 11. The van der Waals surface area contributed by atoms with E-state index in [1.54, 1.807) is 26.0 Å². The second kappa shape index (κ2) is 13.2. The van der Waals surface area contributed by atoms with E-state index in [-0.39, 0.29) is 18.8 Å². The zero-order valence-electron chi connectivity index (χ0n) is 27.6. The minimum atomic E-state index is -2.46. The second-order valence-electron chi connectivity index (χ2n) is 13.6. The number of aliphatic hydroxyl groups excluding tert-OH is 2. The van der Waals surface area contributed by atoms with Gasteiger partial charge in [0.2, 0.25) is 0 Å². The number of ketones is 2. The standard InChI is InChI=1S/C35H50O11/c1-6-8-10-11-12-13-15-17-43-34-22(4)28(45-25(38)16-14-9-7-2)35(23(5)37)30(42-20-44-35)26(34)29-32(19-36,46-29)31(40)33(41)24(34)18-21(3)27(33)39/h12-13,15,17-18,22,24,26,28-31,36,40-41H,6-11,14,16,19-20H2,1-5H3/b13-12+,17-15+/t22-,24-,26-,28-,29+,30-,31-,32+,33-,34+,35+/m1/s1. The molecule has 11 atom stereocenters. The molecule has 11 nitrogen and oxygen atoms in total. The maximum absolute atomic E-state index is 13.8. The van der Waals surface area contributed by atoms with Gasteiger partial charge in [-0.25, -0.2) is 0 Å². The van der Waals surface area contributed by atoms with Gasteiger partial charge in [0.1, 0.15) is 42.4 Å². The SMILES string of the molecule is CCCCC/C=C/C=C/O[C@@]12[C@@H]([C@H]3OCO[C@@]3(C(C)=O)[C@H](OC(=O)CCCCC)[C@H]1C)[C@@H]1O[C@]1(CO)[C@@H](O)[C@]1(O)C(=O)C(C)=C[C@H]12. The van der Waals surface area contributed by atoms with Crippen LogP contribution in [0.1, 0.15) is 86.0 Å². The summed E-state index contributed by atoms with van der Waals surface area (Å²) >= 11 is 0. The van der Waals surface area contributed by atoms with E-state index in [9.17, 15) is 29.7 Å². The van der Waals surface area contributed by atoms with Crippen LogP contribution in [0.25, 0.3) is 0 Å². The zero-order chi connectivity index (χ0) is 33.5. The van der Waals surface area contributed by atoms with E-state index in [4.69, 9.17) is 23.7 Å². The summed E-state index contributed by atoms with van der Waals surface area (Å²) in [6.07, 6.45) is 9.98. The molecule has 256 valence electrons. The molecule has 3 aliphatic carbocycles. The van der Waals surface area contributed by atoms with Crippen molar-refractivity contribution in [2.45, 2.75) is 133 Å². The van der Waals surface area contributed by atoms with Gasteiger partial charge in [0, 0.05) is 12.3 Å². The van der Waals surface area contributed by atoms with Gasteiger partial charge in [0.05, 0.1) is 24.7 Å². The van der Waals surface area contributed by atoms with Crippen LogP contribution in [0.5, 0.6) is 0 Å². The van der Waals surface area contributed by atoms with Crippen LogP contribution in [-0.4, -0.2) is 93.1 Å². The van der Waals surface area contributed by atoms with Crippen LogP contribution in [0.15, 0.2) is 36.1 Å². The molecule has 0 aromatic heterocycles. The maximum Gasteiger partial charge on any atom is 0.306 e. The van der Waals surface area contributed by atoms with E-state index in [1.807, 2.05) is 19.1 Å². The number of hydrogen-bond donors (Lipinski definition) is 3. The van der Waals surface area contributed by atoms with Crippen molar-refractivity contribution in [3.05, 3.63) is 36.1 Å². The molecule has 2 saturated carbocycles. The number of fused-ring (bicyclic) bond motifs is 7. The lowest BCUT2D eigenvalue weighted by Crippen LogP contribution is -2.77. The van der Waals surface area contributed by atoms with Gasteiger partial charge in [0.25, 0.3) is 0 Å². The van der Waals surface area contributed by atoms with E-state index in [1.165, 1.54) is 13.2 Å². The molecule has 0 spiro atoms. The largest absolute Gasteiger partial charge is 0.493 e. The molecule has 3 N–H and O–H groups in total. The van der Waals surface area contributed by atoms with Gasteiger partial charge in [-0.2, -0.15) is 0 Å². The van der Waals surface area contributed by atoms with Gasteiger partial charge in [0.15, 0.2) is 22.8 Å². The summed E-state index contributed by atoms with van der Waals surface area (Å²) in [4.78, 5) is 40.8. The molecule has 5 aliphatic rings. The van der Waals surface area contributed by atoms with Crippen molar-refractivity contribution < 1.29 is 53.4 Å². The van der Waals surface area contributed by atoms with Gasteiger partial charge in [-0.15, -0.1) is 0 Å². The van der Waals surface area contributed by atoms with Crippen molar-refractivity contribution in [1.82, 2.24) is 0 Å². The zero-order valence-corrected chi connectivity index (χ0v) is 27.6. The molecular formula is C35H50O11. The fourth-order valence-electron chi connectivity index (χ4n) is 8.68. The quantitative estimate of drug-likeness (QED) is 0.0836. The first-order valence-electron chi connectivity index (χ1n) is 16.8. The van der Waals surface area contributed by atoms with E-state index in [0.29, 0.717) is 6.42 Å². The molecule has 0 aromatic rings. The Labute approximate surface area is 270 Å². The molecule has 5 rings (SSSR count). The highest BCUT2D eigenvalue weighted by Crippen LogP contribution is 2.67. The molecule has 4 fully saturated rings. The molecule has 2 aliphatic heterocycles. The highest BCUT2D eigenvalue weighted by molar-refractivity contribution is 6.05. The Morgan fingerprint density at radius 2 is 1.83 bits per heavy atom. The third-order valence-corrected chi connectivity index (χ3v) is 11.1. The first-order valence-corrected chi connectivity index (χ1v) is 16.8. The van der Waals surface area contributed by atoms with Crippen molar-refractivity contribution in [2.24, 2.45) is 17.8 Å². The predicted molar refractivity (Wildman–Crippen MR) is 165 cm³/mol. The fourth-order valence-corrected chi connectivity index (χ4v) is 8.68. The average molecular weight is 647 g/mol. The molecule has 2 heterocycles. The fraction of sp³-hybridized carbons (Fsp3) is 0.743. The van der Waals surface area contributed by atoms with Crippen LogP contribution >= 0.6 is 0 Å². The monoisotopic (exact) mass is 646 g/mol. The van der Waals surface area contributed by atoms with Crippen LogP contribution < -0.4 is 0 Å². The second-order valence-corrected chi connectivity index (χ2v) is 13.6. The summed E-state index contributed by atoms with van der Waals surface area (Å²) < 4.78 is 31.3. The Morgan fingerprint density at radius 3 is 2.50 bits per heavy atom. The van der Waals surface area contributed by atoms with Gasteiger partial charge < -0.3 is 39.0 Å². The summed E-state index contributed by atoms with van der Waals surface area (Å²) in [6, 6.07) is 0. The Kier molecular flexibility index (Phi) is 10.0. The van der Waals surface area contributed by atoms with E-state index >= 15 is 0 Å². The highest BCUT2D eigenvalue weighted by atomic mass is 16.7. The predicted octanol–water partition coefficient (Wildman–Crippen LogP) is 3.23. The number of allylic oxidation sites excluding steroid dienone is 3. The number of carbonyl (C=O) groups excluding carboxylic acids is 3. The molecule has 0 bridgehead atoms. The summed E-state index contributed by atoms with van der Waals surface area (Å²) in [7, 11) is 0. The van der Waals surface area contributed by atoms with Gasteiger partial charge in [-0.05, 0) is 44.8 Å². The topological polar surface area (TPSA) is 161 Å². The number of carbonyl (C=O) groups is 3. The Hall–Kier alpha value is -2.41. The highest BCUT2D eigenvalue weighted by Gasteiger charge is 2.87. The molecule has 2 saturated heterocycles. The van der Waals surface area contributed by atoms with Crippen molar-refractivity contribution in [3.63, 3.8) is 0 Å². The summed E-state index contributed by atoms with van der Waals surface area (Å²) in [5, 5.41) is 34.8. The summed E-state index contributed by atoms with van der Waals surface area (Å²) in [6.45, 7) is 7.78. The Bertz CT molecular complexity index is 1270.